The molecule has 1 saturated carbocycles. The molecule has 1 fully saturated rings. The molecule has 0 amide bonds. The monoisotopic (exact) mass is 421 g/mol. The zero-order valence-corrected chi connectivity index (χ0v) is 18.2. The van der Waals surface area contributed by atoms with E-state index in [0.29, 0.717) is 17.7 Å². The van der Waals surface area contributed by atoms with Crippen LogP contribution in [-0.4, -0.2) is 28.1 Å². The van der Waals surface area contributed by atoms with Crippen LogP contribution in [0, 0.1) is 6.92 Å². The number of nitrogens with zero attached hydrogens (tertiary/aromatic N) is 1. The van der Waals surface area contributed by atoms with Crippen molar-refractivity contribution in [2.75, 3.05) is 12.4 Å². The van der Waals surface area contributed by atoms with Gasteiger partial charge in [-0.25, -0.2) is 0 Å². The number of hydrogen-bond acceptors (Lipinski definition) is 3. The second-order valence-corrected chi connectivity index (χ2v) is 8.30. The fourth-order valence-electron chi connectivity index (χ4n) is 4.19. The Morgan fingerprint density at radius 2 is 1.97 bits per heavy atom. The number of aromatic nitrogens is 1. The fourth-order valence-corrected chi connectivity index (χ4v) is 4.51. The van der Waals surface area contributed by atoms with E-state index in [4.69, 9.17) is 17.0 Å². The molecule has 1 heterocycles. The van der Waals surface area contributed by atoms with Crippen LogP contribution in [0.15, 0.2) is 53.3 Å². The van der Waals surface area contributed by atoms with E-state index in [-0.39, 0.29) is 5.56 Å². The van der Waals surface area contributed by atoms with E-state index in [1.54, 1.807) is 7.11 Å². The van der Waals surface area contributed by atoms with E-state index < -0.39 is 0 Å². The van der Waals surface area contributed by atoms with Gasteiger partial charge in [0.2, 0.25) is 0 Å². The summed E-state index contributed by atoms with van der Waals surface area (Å²) in [4.78, 5) is 18.0. The zero-order chi connectivity index (χ0) is 21.1. The minimum Gasteiger partial charge on any atom is -0.495 e. The van der Waals surface area contributed by atoms with Crippen molar-refractivity contribution in [3.05, 3.63) is 70.0 Å². The maximum absolute atomic E-state index is 12.8. The van der Waals surface area contributed by atoms with E-state index in [1.165, 1.54) is 18.4 Å². The predicted molar refractivity (Wildman–Crippen MR) is 126 cm³/mol. The van der Waals surface area contributed by atoms with Gasteiger partial charge in [-0.3, -0.25) is 4.79 Å². The molecule has 1 aromatic heterocycles. The van der Waals surface area contributed by atoms with Crippen molar-refractivity contribution >= 4 is 33.9 Å². The third-order valence-corrected chi connectivity index (χ3v) is 6.13. The number of methoxy groups -OCH3 is 1. The number of aryl methyl sites for hydroxylation is 1. The first-order valence-corrected chi connectivity index (χ1v) is 10.8. The predicted octanol–water partition coefficient (Wildman–Crippen LogP) is 4.99. The molecule has 0 bridgehead atoms. The minimum absolute atomic E-state index is 0.0607. The van der Waals surface area contributed by atoms with Gasteiger partial charge in [0.15, 0.2) is 5.11 Å². The zero-order valence-electron chi connectivity index (χ0n) is 17.4. The molecule has 0 saturated heterocycles. The van der Waals surface area contributed by atoms with E-state index in [1.807, 2.05) is 42.5 Å². The van der Waals surface area contributed by atoms with Crippen molar-refractivity contribution in [1.82, 2.24) is 9.88 Å². The second kappa shape index (κ2) is 8.88. The molecule has 1 aliphatic rings. The van der Waals surface area contributed by atoms with Crippen LogP contribution in [0.2, 0.25) is 0 Å². The van der Waals surface area contributed by atoms with E-state index >= 15 is 0 Å². The average molecular weight is 422 g/mol. The highest BCUT2D eigenvalue weighted by atomic mass is 32.1. The van der Waals surface area contributed by atoms with E-state index in [2.05, 4.69) is 28.2 Å². The molecule has 30 heavy (non-hydrogen) atoms. The maximum Gasteiger partial charge on any atom is 0.253 e. The summed E-state index contributed by atoms with van der Waals surface area (Å²) < 4.78 is 5.45. The highest BCUT2D eigenvalue weighted by Crippen LogP contribution is 2.28. The van der Waals surface area contributed by atoms with Crippen molar-refractivity contribution < 1.29 is 4.74 Å². The molecule has 2 aromatic carbocycles. The van der Waals surface area contributed by atoms with Gasteiger partial charge in [-0.05, 0) is 67.7 Å². The Morgan fingerprint density at radius 3 is 2.73 bits per heavy atom. The number of aromatic amines is 1. The molecule has 6 heteroatoms. The first kappa shape index (κ1) is 20.4. The number of nitrogens with one attached hydrogen (secondary N) is 2. The van der Waals surface area contributed by atoms with Crippen molar-refractivity contribution in [2.24, 2.45) is 0 Å². The average Bonchev–Trinajstić information content (AvgIpc) is 3.27. The third-order valence-electron chi connectivity index (χ3n) is 5.79. The Kier molecular flexibility index (Phi) is 6.04. The summed E-state index contributed by atoms with van der Waals surface area (Å²) in [6, 6.07) is 16.1. The molecular formula is C24H27N3O2S. The lowest BCUT2D eigenvalue weighted by Crippen LogP contribution is -2.42. The molecule has 1 aliphatic carbocycles. The molecule has 0 spiro atoms. The number of pyridine rings is 1. The normalized spacial score (nSPS) is 14.1. The number of benzene rings is 2. The number of hydrogen-bond donors (Lipinski definition) is 2. The first-order valence-electron chi connectivity index (χ1n) is 10.4. The molecular weight excluding hydrogens is 394 g/mol. The number of para-hydroxylation sites is 2. The summed E-state index contributed by atoms with van der Waals surface area (Å²) in [5, 5.41) is 5.01. The molecule has 2 N–H and O–H groups in total. The van der Waals surface area contributed by atoms with Crippen LogP contribution < -0.4 is 15.6 Å². The van der Waals surface area contributed by atoms with E-state index in [9.17, 15) is 4.79 Å². The fraction of sp³-hybridized carbons (Fsp3) is 0.333. The number of ether oxygens (including phenoxy) is 1. The van der Waals surface area contributed by atoms with Crippen molar-refractivity contribution in [1.29, 1.82) is 0 Å². The lowest BCUT2D eigenvalue weighted by Gasteiger charge is -2.32. The Bertz CT molecular complexity index is 1120. The van der Waals surface area contributed by atoms with Crippen LogP contribution in [-0.2, 0) is 6.54 Å². The molecule has 0 unspecified atom stereocenters. The Morgan fingerprint density at radius 1 is 1.20 bits per heavy atom. The smallest absolute Gasteiger partial charge is 0.253 e. The first-order chi connectivity index (χ1) is 14.5. The Balaban J connectivity index is 1.64. The quantitative estimate of drug-likeness (QED) is 0.569. The van der Waals surface area contributed by atoms with Gasteiger partial charge in [0, 0.05) is 17.1 Å². The van der Waals surface area contributed by atoms with Crippen molar-refractivity contribution in [3.8, 4) is 5.75 Å². The van der Waals surface area contributed by atoms with Crippen LogP contribution in [0.5, 0.6) is 5.75 Å². The number of rotatable bonds is 5. The standard InChI is InChI=1S/C24H27N3O2S/c1-16-11-12-20-17(13-16)14-18(23(28)25-20)15-27(19-7-3-4-8-19)24(30)26-21-9-5-6-10-22(21)29-2/h5-6,9-14,19H,3-4,7-8,15H2,1-2H3,(H,25,28)(H,26,30). The second-order valence-electron chi connectivity index (χ2n) is 7.91. The summed E-state index contributed by atoms with van der Waals surface area (Å²) in [5.74, 6) is 0.741. The van der Waals surface area contributed by atoms with Gasteiger partial charge in [-0.2, -0.15) is 0 Å². The van der Waals surface area contributed by atoms with Crippen LogP contribution >= 0.6 is 12.2 Å². The molecule has 0 radical (unpaired) electrons. The van der Waals surface area contributed by atoms with Gasteiger partial charge in [0.25, 0.3) is 5.56 Å². The van der Waals surface area contributed by atoms with Crippen LogP contribution in [0.3, 0.4) is 0 Å². The molecule has 0 atom stereocenters. The number of H-pyrrole nitrogens is 1. The van der Waals surface area contributed by atoms with Gasteiger partial charge in [0.1, 0.15) is 5.75 Å². The van der Waals surface area contributed by atoms with Gasteiger partial charge < -0.3 is 19.9 Å². The minimum atomic E-state index is -0.0607. The lowest BCUT2D eigenvalue weighted by atomic mass is 10.1. The summed E-state index contributed by atoms with van der Waals surface area (Å²) >= 11 is 5.81. The van der Waals surface area contributed by atoms with Crippen LogP contribution in [0.1, 0.15) is 36.8 Å². The molecule has 4 rings (SSSR count). The number of thiocarbonyl (C=S) groups is 1. The summed E-state index contributed by atoms with van der Waals surface area (Å²) in [6.45, 7) is 2.53. The van der Waals surface area contributed by atoms with Gasteiger partial charge in [-0.1, -0.05) is 36.6 Å². The Hall–Kier alpha value is -2.86. The lowest BCUT2D eigenvalue weighted by molar-refractivity contribution is 0.311. The van der Waals surface area contributed by atoms with Gasteiger partial charge in [-0.15, -0.1) is 0 Å². The van der Waals surface area contributed by atoms with Gasteiger partial charge in [0.05, 0.1) is 19.3 Å². The summed E-state index contributed by atoms with van der Waals surface area (Å²) in [6.07, 6.45) is 4.54. The van der Waals surface area contributed by atoms with Crippen molar-refractivity contribution in [2.45, 2.75) is 45.2 Å². The van der Waals surface area contributed by atoms with Gasteiger partial charge >= 0.3 is 0 Å². The number of anilines is 1. The maximum atomic E-state index is 12.8. The third kappa shape index (κ3) is 4.33. The largest absolute Gasteiger partial charge is 0.495 e. The highest BCUT2D eigenvalue weighted by Gasteiger charge is 2.26. The molecule has 0 aliphatic heterocycles. The molecule has 156 valence electrons. The summed E-state index contributed by atoms with van der Waals surface area (Å²) in [7, 11) is 1.65. The highest BCUT2D eigenvalue weighted by molar-refractivity contribution is 7.80. The molecule has 3 aromatic rings. The number of fused-ring (bicyclic) bond motifs is 1. The summed E-state index contributed by atoms with van der Waals surface area (Å²) in [5.41, 5.74) is 3.52. The SMILES string of the molecule is COc1ccccc1NC(=S)N(Cc1cc2cc(C)ccc2[nH]c1=O)C1CCCC1. The molecule has 5 nitrogen and oxygen atoms in total. The van der Waals surface area contributed by atoms with Crippen LogP contribution in [0.25, 0.3) is 10.9 Å². The Labute approximate surface area is 182 Å². The topological polar surface area (TPSA) is 57.4 Å². The van der Waals surface area contributed by atoms with Crippen molar-refractivity contribution in [3.63, 3.8) is 0 Å². The van der Waals surface area contributed by atoms with E-state index in [0.717, 1.165) is 40.7 Å². The van der Waals surface area contributed by atoms with Crippen LogP contribution in [0.4, 0.5) is 5.69 Å².